The van der Waals surface area contributed by atoms with Gasteiger partial charge in [0.2, 0.25) is 0 Å². The summed E-state index contributed by atoms with van der Waals surface area (Å²) in [5, 5.41) is 40.3. The Hall–Kier alpha value is -12.4. The maximum Gasteiger partial charge on any atom is 0.498 e. The van der Waals surface area contributed by atoms with Crippen LogP contribution in [-0.4, -0.2) is 221 Å². The van der Waals surface area contributed by atoms with Crippen LogP contribution in [0.25, 0.3) is 123 Å². The van der Waals surface area contributed by atoms with Gasteiger partial charge >= 0.3 is 13.2 Å². The highest BCUT2D eigenvalue weighted by Crippen LogP contribution is 2.40. The third-order valence-electron chi connectivity index (χ3n) is 25.4. The largest absolute Gasteiger partial charge is 0.498 e. The first kappa shape index (κ1) is 106. The normalized spacial score (nSPS) is 13.1. The van der Waals surface area contributed by atoms with Gasteiger partial charge in [0.15, 0.2) is 22.6 Å². The summed E-state index contributed by atoms with van der Waals surface area (Å²) in [6.45, 7) is 45.7. The number of aromatic nitrogens is 20. The molecule has 0 saturated carbocycles. The highest BCUT2D eigenvalue weighted by atomic mass is 35.5. The number of nitrogens with zero attached hydrogens (tertiary/aromatic N) is 25. The highest BCUT2D eigenvalue weighted by molar-refractivity contribution is 6.62. The number of unbranched alkanes of at least 4 members (excludes halogenated alkanes) is 3. The summed E-state index contributed by atoms with van der Waals surface area (Å²) in [6.07, 6.45) is 30.1. The average Bonchev–Trinajstić information content (AvgIpc) is 1.64. The van der Waals surface area contributed by atoms with Gasteiger partial charge in [0.1, 0.15) is 5.60 Å². The lowest BCUT2D eigenvalue weighted by atomic mass is 9.82. The van der Waals surface area contributed by atoms with Gasteiger partial charge < -0.3 is 38.5 Å². The molecular formula is C110H147BClN25O4. The molecule has 141 heavy (non-hydrogen) atoms. The number of hydrogen-bond acceptors (Lipinski definition) is 20. The molecule has 0 aliphatic carbocycles. The zero-order valence-electron chi connectivity index (χ0n) is 88.2. The molecule has 1 amide bonds. The van der Waals surface area contributed by atoms with E-state index in [1.54, 1.807) is 29.0 Å². The maximum absolute atomic E-state index is 12.2. The summed E-state index contributed by atoms with van der Waals surface area (Å²) in [5.74, 6) is 0. The summed E-state index contributed by atoms with van der Waals surface area (Å²) >= 11 is 6.55. The molecule has 13 heterocycles. The Morgan fingerprint density at radius 2 is 0.674 bits per heavy atom. The number of aryl methyl sites for hydroxylation is 4. The summed E-state index contributed by atoms with van der Waals surface area (Å²) in [6, 6.07) is 43.8. The minimum atomic E-state index is -0.496. The second kappa shape index (κ2) is 47.0. The van der Waals surface area contributed by atoms with Crippen molar-refractivity contribution in [2.45, 2.75) is 230 Å². The quantitative estimate of drug-likeness (QED) is 0.0355. The lowest BCUT2D eigenvalue weighted by molar-refractivity contribution is 0.00578. The molecule has 4 aromatic carbocycles. The number of carbonyl (C=O) groups is 1. The number of benzene rings is 4. The molecule has 1 aliphatic heterocycles. The van der Waals surface area contributed by atoms with Gasteiger partial charge in [-0.3, -0.25) is 18.7 Å². The van der Waals surface area contributed by atoms with Gasteiger partial charge in [-0.2, -0.15) is 40.8 Å². The van der Waals surface area contributed by atoms with Gasteiger partial charge in [-0.05, 0) is 258 Å². The third kappa shape index (κ3) is 27.1. The van der Waals surface area contributed by atoms with E-state index in [-0.39, 0.29) is 48.6 Å². The number of rotatable bonds is 32. The van der Waals surface area contributed by atoms with Gasteiger partial charge in [0.05, 0.1) is 87.8 Å². The summed E-state index contributed by atoms with van der Waals surface area (Å²) in [5.41, 5.74) is 23.2. The topological polar surface area (TPSA) is 255 Å². The van der Waals surface area contributed by atoms with Crippen molar-refractivity contribution in [1.82, 2.24) is 123 Å². The zero-order chi connectivity index (χ0) is 101. The molecule has 0 bridgehead atoms. The molecule has 0 spiro atoms. The number of pyridine rings is 4. The molecule has 0 unspecified atom stereocenters. The molecule has 1 fully saturated rings. The summed E-state index contributed by atoms with van der Waals surface area (Å²) in [7, 11) is 17.8. The molecule has 16 aromatic rings. The monoisotopic (exact) mass is 1930 g/mol. The SMILES string of the molecule is CC(C)n1ncc2c(Cl)cc(-c3cccc(CN(C)CCN(C)C(=O)OC(C)(C)C)c3)nc21.CCCCN(C)Cc1cccc(-c2cc(-c3cnn(C)c3)c3cnn(C(C)C)c3n2)c1.CCCCN(C)Cc1cccc(-c2cc(-c3cnn(C)c3)c3cnn(C(C)C)c3n2)c1.CCCCN(C)Cc1cccc(-c2cc(-c3cnn(C)c3)c3cnn(C(C)C)c3n2)c1.Cn1cc(B2OC(C)(C)C(C)(C)O2)cn1. The van der Waals surface area contributed by atoms with Crippen molar-refractivity contribution in [2.75, 3.05) is 68.0 Å². The standard InChI is InChI=1S/C25H34ClN5O2.3C25H32N6.C10H17BN2O2/c1-17(2)31-23-20(15-27-31)21(26)14-22(28-23)19-10-8-9-18(13-19)16-29(6)11-12-30(7)24(32)33-25(3,4)5;3*1-6-7-11-29(4)16-19-9-8-10-20(12-19)24-13-22(21-14-26-30(5)17-21)23-15-27-31(18(2)3)25(23)28-24;1-9(2)10(3,4)15-11(14-9)8-6-12-13(5)7-8/h8-10,13-15,17H,11-12,16H2,1-7H3;3*8-10,12-15,17-18H,6-7,11,16H2,1-5H3;6-7H,1-5H3. The van der Waals surface area contributed by atoms with Crippen LogP contribution in [0.3, 0.4) is 0 Å². The van der Waals surface area contributed by atoms with Crippen LogP contribution in [0, 0.1) is 0 Å². The van der Waals surface area contributed by atoms with E-state index in [1.165, 1.54) is 55.2 Å². The van der Waals surface area contributed by atoms with Crippen LogP contribution >= 0.6 is 11.6 Å². The first-order chi connectivity index (χ1) is 67.1. The van der Waals surface area contributed by atoms with Crippen molar-refractivity contribution in [2.24, 2.45) is 28.2 Å². The van der Waals surface area contributed by atoms with Gasteiger partial charge in [0.25, 0.3) is 0 Å². The van der Waals surface area contributed by atoms with E-state index in [1.807, 2.05) is 197 Å². The van der Waals surface area contributed by atoms with Gasteiger partial charge in [-0.1, -0.05) is 124 Å². The van der Waals surface area contributed by atoms with E-state index >= 15 is 0 Å². The molecule has 1 aliphatic rings. The number of hydrogen-bond donors (Lipinski definition) is 0. The first-order valence-electron chi connectivity index (χ1n) is 49.7. The van der Waals surface area contributed by atoms with E-state index in [0.29, 0.717) is 11.6 Å². The van der Waals surface area contributed by atoms with Crippen LogP contribution in [0.2, 0.25) is 5.02 Å². The zero-order valence-corrected chi connectivity index (χ0v) is 88.9. The molecule has 1 saturated heterocycles. The number of amides is 1. The minimum absolute atomic E-state index is 0.195. The Balaban J connectivity index is 0.000000151. The van der Waals surface area contributed by atoms with Crippen LogP contribution in [0.4, 0.5) is 4.79 Å². The highest BCUT2D eigenvalue weighted by Gasteiger charge is 2.52. The smallest absolute Gasteiger partial charge is 0.444 e. The Kier molecular flexibility index (Phi) is 35.3. The van der Waals surface area contributed by atoms with Crippen molar-refractivity contribution in [3.63, 3.8) is 0 Å². The van der Waals surface area contributed by atoms with E-state index in [4.69, 9.17) is 45.6 Å². The second-order valence-corrected chi connectivity index (χ2v) is 41.2. The van der Waals surface area contributed by atoms with Crippen LogP contribution < -0.4 is 5.46 Å². The average molecular weight is 1930 g/mol. The summed E-state index contributed by atoms with van der Waals surface area (Å²) in [4.78, 5) is 43.1. The fourth-order valence-electron chi connectivity index (χ4n) is 17.0. The van der Waals surface area contributed by atoms with Gasteiger partial charge in [-0.25, -0.2) is 43.5 Å². The Bertz CT molecular complexity index is 6380. The van der Waals surface area contributed by atoms with E-state index in [9.17, 15) is 4.79 Å². The predicted octanol–water partition coefficient (Wildman–Crippen LogP) is 22.3. The molecule has 0 N–H and O–H groups in total. The lowest BCUT2D eigenvalue weighted by Gasteiger charge is -2.32. The van der Waals surface area contributed by atoms with Crippen molar-refractivity contribution in [3.8, 4) is 78.4 Å². The van der Waals surface area contributed by atoms with Crippen molar-refractivity contribution in [1.29, 1.82) is 0 Å². The molecule has 12 aromatic heterocycles. The summed E-state index contributed by atoms with van der Waals surface area (Å²) < 4.78 is 32.3. The van der Waals surface area contributed by atoms with Gasteiger partial charge in [-0.15, -0.1) is 0 Å². The predicted molar refractivity (Wildman–Crippen MR) is 573 cm³/mol. The first-order valence-corrected chi connectivity index (χ1v) is 50.1. The molecule has 29 nitrogen and oxygen atoms in total. The second-order valence-electron chi connectivity index (χ2n) is 40.8. The fraction of sp³-hybridized carbons (Fsp3) is 0.445. The molecule has 31 heteroatoms. The Morgan fingerprint density at radius 1 is 0.383 bits per heavy atom. The van der Waals surface area contributed by atoms with Gasteiger partial charge in [0, 0.05) is 190 Å². The minimum Gasteiger partial charge on any atom is -0.444 e. The molecule has 0 radical (unpaired) electrons. The number of fused-ring (bicyclic) bond motifs is 4. The van der Waals surface area contributed by atoms with Crippen LogP contribution in [0.15, 0.2) is 196 Å². The maximum atomic E-state index is 12.2. The fourth-order valence-corrected chi connectivity index (χ4v) is 17.2. The van der Waals surface area contributed by atoms with Crippen LogP contribution in [0.5, 0.6) is 0 Å². The third-order valence-corrected chi connectivity index (χ3v) is 25.7. The van der Waals surface area contributed by atoms with Crippen LogP contribution in [0.1, 0.15) is 210 Å². The Morgan fingerprint density at radius 3 is 0.957 bits per heavy atom. The van der Waals surface area contributed by atoms with E-state index < -0.39 is 5.60 Å². The number of likely N-dealkylation sites (N-methyl/N-ethyl adjacent to an activating group) is 2. The van der Waals surface area contributed by atoms with Crippen molar-refractivity contribution < 1.29 is 18.8 Å². The molecule has 17 rings (SSSR count). The lowest BCUT2D eigenvalue weighted by Crippen LogP contribution is -2.41. The van der Waals surface area contributed by atoms with Crippen molar-refractivity contribution in [3.05, 3.63) is 223 Å². The van der Waals surface area contributed by atoms with E-state index in [2.05, 4.69) is 261 Å². The molecule has 0 atom stereocenters. The van der Waals surface area contributed by atoms with Crippen molar-refractivity contribution >= 4 is 74.4 Å². The Labute approximate surface area is 838 Å². The van der Waals surface area contributed by atoms with Crippen LogP contribution in [-0.2, 0) is 68.4 Å². The number of ether oxygens (including phenoxy) is 1. The van der Waals surface area contributed by atoms with E-state index in [0.717, 1.165) is 186 Å². The molecular weight excluding hydrogens is 1780 g/mol. The number of carbonyl (C=O) groups excluding carboxylic acids is 1. The number of halogens is 1. The molecule has 746 valence electrons.